The van der Waals surface area contributed by atoms with Crippen LogP contribution in [0.1, 0.15) is 72.1 Å². The van der Waals surface area contributed by atoms with Gasteiger partial charge in [0.25, 0.3) is 0 Å². The van der Waals surface area contributed by atoms with Crippen LogP contribution in [-0.4, -0.2) is 30.1 Å². The van der Waals surface area contributed by atoms with Crippen molar-refractivity contribution in [1.29, 1.82) is 0 Å². The summed E-state index contributed by atoms with van der Waals surface area (Å²) in [6.45, 7) is 8.95. The van der Waals surface area contributed by atoms with Crippen LogP contribution in [0.15, 0.2) is 0 Å². The zero-order valence-electron chi connectivity index (χ0n) is 14.2. The molecule has 0 atom stereocenters. The molecule has 3 heteroatoms. The number of likely N-dealkylation sites (tertiary alicyclic amines) is 1. The topological polar surface area (TPSA) is 26.3 Å². The Hall–Kier alpha value is 1.56. The van der Waals surface area contributed by atoms with Gasteiger partial charge in [-0.05, 0) is 50.1 Å². The van der Waals surface area contributed by atoms with Crippen LogP contribution in [-0.2, 0) is 0 Å². The standard InChI is InChI=1S/C15H26NO.C2H6.K/c1-12-2-4-15(5-3-12)6-8-16(9-7-15)13-10-14(17)11-13;1-2;/h12-14H,2-11H2,1H3;1-2H3;/q-1;;+1. The van der Waals surface area contributed by atoms with Crippen molar-refractivity contribution < 1.29 is 56.5 Å². The molecule has 0 N–H and O–H groups in total. The van der Waals surface area contributed by atoms with E-state index in [1.54, 1.807) is 0 Å². The number of piperidine rings is 1. The molecule has 1 saturated heterocycles. The minimum absolute atomic E-state index is 0. The molecule has 0 aromatic rings. The molecule has 2 aliphatic carbocycles. The van der Waals surface area contributed by atoms with Crippen LogP contribution in [0, 0.1) is 11.3 Å². The fraction of sp³-hybridized carbons (Fsp3) is 1.00. The van der Waals surface area contributed by atoms with E-state index in [9.17, 15) is 5.11 Å². The van der Waals surface area contributed by atoms with Crippen molar-refractivity contribution in [2.24, 2.45) is 11.3 Å². The van der Waals surface area contributed by atoms with Crippen molar-refractivity contribution in [1.82, 2.24) is 4.90 Å². The van der Waals surface area contributed by atoms with Crippen LogP contribution in [0.25, 0.3) is 0 Å². The molecular formula is C17H32KNO. The van der Waals surface area contributed by atoms with Crippen molar-refractivity contribution in [2.45, 2.75) is 84.3 Å². The van der Waals surface area contributed by atoms with E-state index in [1.165, 1.54) is 51.6 Å². The monoisotopic (exact) mass is 305 g/mol. The molecule has 2 saturated carbocycles. The van der Waals surface area contributed by atoms with Gasteiger partial charge in [-0.2, -0.15) is 0 Å². The molecule has 1 spiro atoms. The van der Waals surface area contributed by atoms with Gasteiger partial charge in [-0.1, -0.05) is 46.5 Å². The molecule has 3 rings (SSSR count). The fourth-order valence-corrected chi connectivity index (χ4v) is 4.07. The summed E-state index contributed by atoms with van der Waals surface area (Å²) in [5, 5.41) is 11.1. The van der Waals surface area contributed by atoms with Crippen molar-refractivity contribution in [3.05, 3.63) is 0 Å². The van der Waals surface area contributed by atoms with Crippen molar-refractivity contribution >= 4 is 0 Å². The molecule has 2 nitrogen and oxygen atoms in total. The number of rotatable bonds is 1. The first-order valence-corrected chi connectivity index (χ1v) is 8.57. The quantitative estimate of drug-likeness (QED) is 0.647. The smallest absolute Gasteiger partial charge is 0.852 e. The van der Waals surface area contributed by atoms with E-state index in [2.05, 4.69) is 11.8 Å². The number of nitrogens with zero attached hydrogens (tertiary/aromatic N) is 1. The third-order valence-electron chi connectivity index (χ3n) is 5.78. The van der Waals surface area contributed by atoms with Crippen LogP contribution >= 0.6 is 0 Å². The van der Waals surface area contributed by atoms with Crippen LogP contribution in [0.2, 0.25) is 0 Å². The van der Waals surface area contributed by atoms with Gasteiger partial charge < -0.3 is 10.0 Å². The molecule has 0 unspecified atom stereocenters. The van der Waals surface area contributed by atoms with Crippen LogP contribution < -0.4 is 56.5 Å². The maximum atomic E-state index is 11.1. The second-order valence-corrected chi connectivity index (χ2v) is 6.97. The molecular weight excluding hydrogens is 273 g/mol. The summed E-state index contributed by atoms with van der Waals surface area (Å²) in [7, 11) is 0. The molecule has 1 heterocycles. The van der Waals surface area contributed by atoms with Crippen LogP contribution in [0.4, 0.5) is 0 Å². The summed E-state index contributed by atoms with van der Waals surface area (Å²) in [6.07, 6.45) is 10.2. The molecule has 3 fully saturated rings. The Kier molecular flexibility index (Phi) is 8.82. The number of hydrogen-bond donors (Lipinski definition) is 0. The Balaban J connectivity index is 0.000000639. The molecule has 0 aromatic carbocycles. The van der Waals surface area contributed by atoms with Gasteiger partial charge in [0, 0.05) is 6.04 Å². The van der Waals surface area contributed by atoms with Crippen LogP contribution in [0.5, 0.6) is 0 Å². The predicted molar refractivity (Wildman–Crippen MR) is 79.0 cm³/mol. The molecule has 0 bridgehead atoms. The maximum Gasteiger partial charge on any atom is 1.00 e. The minimum atomic E-state index is -0.244. The summed E-state index contributed by atoms with van der Waals surface area (Å²) >= 11 is 0. The summed E-state index contributed by atoms with van der Waals surface area (Å²) in [4.78, 5) is 2.61. The summed E-state index contributed by atoms with van der Waals surface area (Å²) in [5.41, 5.74) is 0.698. The molecule has 112 valence electrons. The first-order chi connectivity index (χ1) is 9.17. The third kappa shape index (κ3) is 4.77. The van der Waals surface area contributed by atoms with E-state index < -0.39 is 0 Å². The molecule has 0 radical (unpaired) electrons. The Labute approximate surface area is 168 Å². The maximum absolute atomic E-state index is 11.1. The van der Waals surface area contributed by atoms with E-state index in [4.69, 9.17) is 0 Å². The zero-order chi connectivity index (χ0) is 13.9. The largest absolute Gasteiger partial charge is 1.00 e. The number of hydrogen-bond acceptors (Lipinski definition) is 2. The molecule has 1 aliphatic heterocycles. The minimum Gasteiger partial charge on any atom is -0.852 e. The van der Waals surface area contributed by atoms with E-state index in [1.807, 2.05) is 13.8 Å². The van der Waals surface area contributed by atoms with Gasteiger partial charge in [0.2, 0.25) is 0 Å². The molecule has 20 heavy (non-hydrogen) atoms. The Morgan fingerprint density at radius 3 is 1.90 bits per heavy atom. The van der Waals surface area contributed by atoms with Crippen LogP contribution in [0.3, 0.4) is 0 Å². The van der Waals surface area contributed by atoms with Crippen molar-refractivity contribution in [3.8, 4) is 0 Å². The SMILES string of the molecule is CC.CC1CCC2(CC1)CCN(C1CC([O-])C1)CC2.[K+]. The van der Waals surface area contributed by atoms with E-state index in [0.717, 1.165) is 18.8 Å². The normalized spacial score (nSPS) is 33.6. The zero-order valence-corrected chi connectivity index (χ0v) is 17.3. The van der Waals surface area contributed by atoms with Gasteiger partial charge in [-0.3, -0.25) is 0 Å². The van der Waals surface area contributed by atoms with E-state index in [0.29, 0.717) is 11.5 Å². The third-order valence-corrected chi connectivity index (χ3v) is 5.78. The summed E-state index contributed by atoms with van der Waals surface area (Å²) in [5.74, 6) is 0.964. The summed E-state index contributed by atoms with van der Waals surface area (Å²) in [6, 6.07) is 0.650. The van der Waals surface area contributed by atoms with Gasteiger partial charge in [0.1, 0.15) is 0 Å². The molecule has 0 amide bonds. The van der Waals surface area contributed by atoms with Gasteiger partial charge in [0.15, 0.2) is 0 Å². The van der Waals surface area contributed by atoms with Gasteiger partial charge >= 0.3 is 51.4 Å². The van der Waals surface area contributed by atoms with Crippen molar-refractivity contribution in [3.63, 3.8) is 0 Å². The molecule has 3 aliphatic rings. The van der Waals surface area contributed by atoms with E-state index >= 15 is 0 Å². The average molecular weight is 306 g/mol. The average Bonchev–Trinajstić information content (AvgIpc) is 2.43. The van der Waals surface area contributed by atoms with Crippen molar-refractivity contribution in [2.75, 3.05) is 13.1 Å². The Morgan fingerprint density at radius 2 is 1.45 bits per heavy atom. The van der Waals surface area contributed by atoms with Gasteiger partial charge in [0.05, 0.1) is 0 Å². The Morgan fingerprint density at radius 1 is 0.950 bits per heavy atom. The second kappa shape index (κ2) is 9.00. The predicted octanol–water partition coefficient (Wildman–Crippen LogP) is 0.200. The van der Waals surface area contributed by atoms with Gasteiger partial charge in [-0.25, -0.2) is 0 Å². The summed E-state index contributed by atoms with van der Waals surface area (Å²) < 4.78 is 0. The second-order valence-electron chi connectivity index (χ2n) is 6.97. The Bertz CT molecular complexity index is 260. The molecule has 0 aromatic heterocycles. The van der Waals surface area contributed by atoms with E-state index in [-0.39, 0.29) is 57.5 Å². The van der Waals surface area contributed by atoms with Gasteiger partial charge in [-0.15, -0.1) is 6.10 Å². The fourth-order valence-electron chi connectivity index (χ4n) is 4.07. The first kappa shape index (κ1) is 19.6. The first-order valence-electron chi connectivity index (χ1n) is 8.57.